The second-order valence-electron chi connectivity index (χ2n) is 3.84. The molecule has 0 amide bonds. The molecule has 1 aliphatic rings. The standard InChI is InChI=1S/C11H15NS/c1-9-2-3-11(8-9)13-10-4-6-12-7-5-10/h4-7,9,11H,2-3,8H2,1H3. The van der Waals surface area contributed by atoms with Crippen molar-refractivity contribution >= 4 is 11.8 Å². The Morgan fingerprint density at radius 3 is 2.69 bits per heavy atom. The van der Waals surface area contributed by atoms with Gasteiger partial charge in [-0.3, -0.25) is 4.98 Å². The van der Waals surface area contributed by atoms with E-state index in [9.17, 15) is 0 Å². The zero-order valence-corrected chi connectivity index (χ0v) is 8.76. The van der Waals surface area contributed by atoms with Crippen LogP contribution in [0.2, 0.25) is 0 Å². The Labute approximate surface area is 84.0 Å². The van der Waals surface area contributed by atoms with E-state index in [1.807, 2.05) is 24.2 Å². The molecule has 0 saturated heterocycles. The number of thioether (sulfide) groups is 1. The summed E-state index contributed by atoms with van der Waals surface area (Å²) in [5.74, 6) is 0.930. The summed E-state index contributed by atoms with van der Waals surface area (Å²) in [6, 6.07) is 4.21. The van der Waals surface area contributed by atoms with Crippen LogP contribution in [0.4, 0.5) is 0 Å². The van der Waals surface area contributed by atoms with E-state index >= 15 is 0 Å². The molecule has 1 aliphatic carbocycles. The zero-order valence-electron chi connectivity index (χ0n) is 7.94. The SMILES string of the molecule is CC1CCC(Sc2ccncc2)C1. The third-order valence-corrected chi connectivity index (χ3v) is 3.91. The van der Waals surface area contributed by atoms with Gasteiger partial charge in [-0.25, -0.2) is 0 Å². The maximum absolute atomic E-state index is 4.02. The highest BCUT2D eigenvalue weighted by Gasteiger charge is 2.21. The van der Waals surface area contributed by atoms with Crippen molar-refractivity contribution < 1.29 is 0 Å². The van der Waals surface area contributed by atoms with Crippen LogP contribution in [0.15, 0.2) is 29.4 Å². The maximum Gasteiger partial charge on any atom is 0.0278 e. The van der Waals surface area contributed by atoms with Crippen molar-refractivity contribution in [1.29, 1.82) is 0 Å². The Hall–Kier alpha value is -0.500. The molecule has 1 heterocycles. The van der Waals surface area contributed by atoms with Gasteiger partial charge in [0.15, 0.2) is 0 Å². The fraction of sp³-hybridized carbons (Fsp3) is 0.545. The van der Waals surface area contributed by atoms with Crippen LogP contribution in [-0.2, 0) is 0 Å². The Kier molecular flexibility index (Phi) is 2.89. The summed E-state index contributed by atoms with van der Waals surface area (Å²) in [5.41, 5.74) is 0. The van der Waals surface area contributed by atoms with E-state index in [0.717, 1.165) is 11.2 Å². The van der Waals surface area contributed by atoms with Crippen molar-refractivity contribution in [2.45, 2.75) is 36.3 Å². The van der Waals surface area contributed by atoms with Crippen molar-refractivity contribution in [1.82, 2.24) is 4.98 Å². The molecule has 1 nitrogen and oxygen atoms in total. The molecule has 2 heteroatoms. The van der Waals surface area contributed by atoms with E-state index in [1.165, 1.54) is 24.2 Å². The second-order valence-corrected chi connectivity index (χ2v) is 5.21. The predicted molar refractivity (Wildman–Crippen MR) is 56.9 cm³/mol. The summed E-state index contributed by atoms with van der Waals surface area (Å²) in [5, 5.41) is 0.845. The first-order valence-corrected chi connectivity index (χ1v) is 5.79. The van der Waals surface area contributed by atoms with E-state index < -0.39 is 0 Å². The minimum Gasteiger partial charge on any atom is -0.265 e. The van der Waals surface area contributed by atoms with Gasteiger partial charge in [0.1, 0.15) is 0 Å². The molecule has 0 radical (unpaired) electrons. The molecule has 1 saturated carbocycles. The normalized spacial score (nSPS) is 27.8. The monoisotopic (exact) mass is 193 g/mol. The minimum absolute atomic E-state index is 0.845. The van der Waals surface area contributed by atoms with Crippen molar-refractivity contribution in [2.75, 3.05) is 0 Å². The molecule has 13 heavy (non-hydrogen) atoms. The lowest BCUT2D eigenvalue weighted by atomic mass is 10.1. The number of aromatic nitrogens is 1. The fourth-order valence-electron chi connectivity index (χ4n) is 1.87. The van der Waals surface area contributed by atoms with E-state index in [4.69, 9.17) is 0 Å². The van der Waals surface area contributed by atoms with Crippen LogP contribution in [0.5, 0.6) is 0 Å². The van der Waals surface area contributed by atoms with Gasteiger partial charge in [-0.2, -0.15) is 0 Å². The molecule has 2 unspecified atom stereocenters. The highest BCUT2D eigenvalue weighted by Crippen LogP contribution is 2.37. The van der Waals surface area contributed by atoms with Crippen molar-refractivity contribution in [2.24, 2.45) is 5.92 Å². The topological polar surface area (TPSA) is 12.9 Å². The molecule has 1 aromatic rings. The van der Waals surface area contributed by atoms with Gasteiger partial charge >= 0.3 is 0 Å². The largest absolute Gasteiger partial charge is 0.265 e. The lowest BCUT2D eigenvalue weighted by Crippen LogP contribution is -1.94. The molecule has 70 valence electrons. The summed E-state index contributed by atoms with van der Waals surface area (Å²) >= 11 is 2.01. The average Bonchev–Trinajstić information content (AvgIpc) is 2.53. The number of hydrogen-bond donors (Lipinski definition) is 0. The summed E-state index contributed by atoms with van der Waals surface area (Å²) in [4.78, 5) is 5.39. The molecule has 0 spiro atoms. The number of rotatable bonds is 2. The first-order chi connectivity index (χ1) is 6.34. The molecule has 2 atom stereocenters. The molecular formula is C11H15NS. The molecule has 0 N–H and O–H groups in total. The molecule has 0 aromatic carbocycles. The van der Waals surface area contributed by atoms with Crippen LogP contribution in [0.25, 0.3) is 0 Å². The van der Waals surface area contributed by atoms with Gasteiger partial charge in [-0.05, 0) is 37.3 Å². The zero-order chi connectivity index (χ0) is 9.10. The predicted octanol–water partition coefficient (Wildman–Crippen LogP) is 3.36. The first-order valence-electron chi connectivity index (χ1n) is 4.91. The third kappa shape index (κ3) is 2.47. The summed E-state index contributed by atoms with van der Waals surface area (Å²) < 4.78 is 0. The Balaban J connectivity index is 1.92. The van der Waals surface area contributed by atoms with Crippen LogP contribution >= 0.6 is 11.8 Å². The van der Waals surface area contributed by atoms with Gasteiger partial charge in [0.05, 0.1) is 0 Å². The molecule has 1 fully saturated rings. The van der Waals surface area contributed by atoms with Crippen molar-refractivity contribution in [3.8, 4) is 0 Å². The fourth-order valence-corrected chi connectivity index (χ4v) is 3.21. The van der Waals surface area contributed by atoms with Crippen LogP contribution in [0.3, 0.4) is 0 Å². The van der Waals surface area contributed by atoms with Gasteiger partial charge in [-0.1, -0.05) is 6.92 Å². The number of hydrogen-bond acceptors (Lipinski definition) is 2. The summed E-state index contributed by atoms with van der Waals surface area (Å²) in [7, 11) is 0. The van der Waals surface area contributed by atoms with Gasteiger partial charge < -0.3 is 0 Å². The summed E-state index contributed by atoms with van der Waals surface area (Å²) in [6.07, 6.45) is 7.92. The van der Waals surface area contributed by atoms with Gasteiger partial charge in [-0.15, -0.1) is 11.8 Å². The van der Waals surface area contributed by atoms with Crippen molar-refractivity contribution in [3.63, 3.8) is 0 Å². The average molecular weight is 193 g/mol. The van der Waals surface area contributed by atoms with Gasteiger partial charge in [0.2, 0.25) is 0 Å². The van der Waals surface area contributed by atoms with Crippen LogP contribution in [0, 0.1) is 5.92 Å². The maximum atomic E-state index is 4.02. The molecule has 2 rings (SSSR count). The number of pyridine rings is 1. The van der Waals surface area contributed by atoms with E-state index in [2.05, 4.69) is 24.0 Å². The lowest BCUT2D eigenvalue weighted by Gasteiger charge is -2.08. The smallest absolute Gasteiger partial charge is 0.0278 e. The van der Waals surface area contributed by atoms with E-state index in [1.54, 1.807) is 0 Å². The van der Waals surface area contributed by atoms with Crippen molar-refractivity contribution in [3.05, 3.63) is 24.5 Å². The highest BCUT2D eigenvalue weighted by atomic mass is 32.2. The first kappa shape index (κ1) is 9.07. The minimum atomic E-state index is 0.845. The van der Waals surface area contributed by atoms with Crippen LogP contribution < -0.4 is 0 Å². The Morgan fingerprint density at radius 2 is 2.08 bits per heavy atom. The van der Waals surface area contributed by atoms with E-state index in [0.29, 0.717) is 0 Å². The van der Waals surface area contributed by atoms with Crippen LogP contribution in [-0.4, -0.2) is 10.2 Å². The molecular weight excluding hydrogens is 178 g/mol. The van der Waals surface area contributed by atoms with Gasteiger partial charge in [0, 0.05) is 22.5 Å². The Bertz CT molecular complexity index is 260. The van der Waals surface area contributed by atoms with E-state index in [-0.39, 0.29) is 0 Å². The van der Waals surface area contributed by atoms with Gasteiger partial charge in [0.25, 0.3) is 0 Å². The second kappa shape index (κ2) is 4.14. The summed E-state index contributed by atoms with van der Waals surface area (Å²) in [6.45, 7) is 2.35. The molecule has 1 aromatic heterocycles. The molecule has 0 aliphatic heterocycles. The third-order valence-electron chi connectivity index (χ3n) is 2.60. The lowest BCUT2D eigenvalue weighted by molar-refractivity contribution is 0.613. The van der Waals surface area contributed by atoms with Crippen LogP contribution in [0.1, 0.15) is 26.2 Å². The number of nitrogens with zero attached hydrogens (tertiary/aromatic N) is 1. The quantitative estimate of drug-likeness (QED) is 0.714. The molecule has 0 bridgehead atoms. The Morgan fingerprint density at radius 1 is 1.31 bits per heavy atom. The highest BCUT2D eigenvalue weighted by molar-refractivity contribution is 8.00.